The lowest BCUT2D eigenvalue weighted by Gasteiger charge is -2.33. The monoisotopic (exact) mass is 296 g/mol. The third-order valence-electron chi connectivity index (χ3n) is 2.94. The van der Waals surface area contributed by atoms with Gasteiger partial charge in [-0.2, -0.15) is 26.7 Å². The number of hydrogen-bond donors (Lipinski definition) is 0. The van der Waals surface area contributed by atoms with Crippen molar-refractivity contribution in [3.63, 3.8) is 0 Å². The molecule has 1 unspecified atom stereocenters. The average Bonchev–Trinajstić information content (AvgIpc) is 2.92. The van der Waals surface area contributed by atoms with E-state index < -0.39 is 0 Å². The van der Waals surface area contributed by atoms with Gasteiger partial charge in [-0.15, -0.1) is 0 Å². The molecule has 1 aliphatic rings. The van der Waals surface area contributed by atoms with Gasteiger partial charge in [-0.3, -0.25) is 4.57 Å². The van der Waals surface area contributed by atoms with Gasteiger partial charge in [0, 0.05) is 36.5 Å². The van der Waals surface area contributed by atoms with Crippen LogP contribution in [0, 0.1) is 0 Å². The standard InChI is InChI=1S/C11H13ClN6S/c1-8-6-19-5-4-18(8)11-15-9(12)14-10(16-11)17-3-2-13-7-17/h2-3,7-8H,4-6H2,1H3. The number of imidazole rings is 1. The van der Waals surface area contributed by atoms with E-state index in [1.165, 1.54) is 0 Å². The fraction of sp³-hybridized carbons (Fsp3) is 0.455. The molecule has 0 saturated carbocycles. The van der Waals surface area contributed by atoms with E-state index in [1.54, 1.807) is 23.3 Å². The van der Waals surface area contributed by atoms with Gasteiger partial charge < -0.3 is 4.90 Å². The number of aromatic nitrogens is 5. The molecule has 1 aliphatic heterocycles. The third kappa shape index (κ3) is 2.66. The third-order valence-corrected chi connectivity index (χ3v) is 4.30. The molecule has 6 nitrogen and oxygen atoms in total. The summed E-state index contributed by atoms with van der Waals surface area (Å²) in [6, 6.07) is 0.396. The Balaban J connectivity index is 1.97. The Morgan fingerprint density at radius 2 is 2.16 bits per heavy atom. The first-order valence-corrected chi connectivity index (χ1v) is 7.51. The predicted octanol–water partition coefficient (Wildman–Crippen LogP) is 1.65. The maximum atomic E-state index is 6.01. The van der Waals surface area contributed by atoms with Crippen LogP contribution in [0.4, 0.5) is 5.95 Å². The number of rotatable bonds is 2. The van der Waals surface area contributed by atoms with Crippen LogP contribution < -0.4 is 4.90 Å². The van der Waals surface area contributed by atoms with Crippen molar-refractivity contribution in [1.82, 2.24) is 24.5 Å². The summed E-state index contributed by atoms with van der Waals surface area (Å²) in [7, 11) is 0. The molecular formula is C11H13ClN6S. The van der Waals surface area contributed by atoms with E-state index in [4.69, 9.17) is 11.6 Å². The molecule has 0 radical (unpaired) electrons. The summed E-state index contributed by atoms with van der Waals surface area (Å²) < 4.78 is 1.72. The fourth-order valence-corrected chi connectivity index (χ4v) is 3.14. The fourth-order valence-electron chi connectivity index (χ4n) is 1.98. The molecule has 19 heavy (non-hydrogen) atoms. The van der Waals surface area contributed by atoms with E-state index in [1.807, 2.05) is 11.8 Å². The Labute approximate surface area is 120 Å². The normalized spacial score (nSPS) is 19.7. The Kier molecular flexibility index (Phi) is 3.56. The molecular weight excluding hydrogens is 284 g/mol. The van der Waals surface area contributed by atoms with E-state index in [2.05, 4.69) is 31.8 Å². The summed E-state index contributed by atoms with van der Waals surface area (Å²) in [5, 5.41) is 0.208. The molecule has 2 aromatic heterocycles. The van der Waals surface area contributed by atoms with Crippen LogP contribution in [0.2, 0.25) is 5.28 Å². The minimum absolute atomic E-state index is 0.208. The topological polar surface area (TPSA) is 59.7 Å². The van der Waals surface area contributed by atoms with E-state index in [0.29, 0.717) is 17.9 Å². The molecule has 3 heterocycles. The van der Waals surface area contributed by atoms with Crippen LogP contribution in [0.5, 0.6) is 0 Å². The highest BCUT2D eigenvalue weighted by molar-refractivity contribution is 7.99. The van der Waals surface area contributed by atoms with Crippen LogP contribution in [-0.2, 0) is 0 Å². The van der Waals surface area contributed by atoms with Gasteiger partial charge in [0.05, 0.1) is 0 Å². The molecule has 0 amide bonds. The quantitative estimate of drug-likeness (QED) is 0.840. The Bertz CT molecular complexity index is 560. The van der Waals surface area contributed by atoms with Gasteiger partial charge in [-0.1, -0.05) is 0 Å². The molecule has 3 rings (SSSR count). The maximum absolute atomic E-state index is 6.01. The van der Waals surface area contributed by atoms with Crippen LogP contribution >= 0.6 is 23.4 Å². The summed E-state index contributed by atoms with van der Waals surface area (Å²) in [4.78, 5) is 19.0. The zero-order chi connectivity index (χ0) is 13.2. The van der Waals surface area contributed by atoms with Gasteiger partial charge in [-0.25, -0.2) is 4.98 Å². The summed E-state index contributed by atoms with van der Waals surface area (Å²) in [5.41, 5.74) is 0. The summed E-state index contributed by atoms with van der Waals surface area (Å²) in [6.07, 6.45) is 5.10. The minimum atomic E-state index is 0.208. The average molecular weight is 297 g/mol. The van der Waals surface area contributed by atoms with Gasteiger partial charge in [-0.05, 0) is 18.5 Å². The highest BCUT2D eigenvalue weighted by Gasteiger charge is 2.22. The van der Waals surface area contributed by atoms with Gasteiger partial charge in [0.25, 0.3) is 0 Å². The number of anilines is 1. The van der Waals surface area contributed by atoms with Crippen molar-refractivity contribution in [2.75, 3.05) is 23.0 Å². The zero-order valence-electron chi connectivity index (χ0n) is 10.4. The minimum Gasteiger partial charge on any atom is -0.336 e. The Morgan fingerprint density at radius 3 is 2.89 bits per heavy atom. The molecule has 8 heteroatoms. The molecule has 0 aliphatic carbocycles. The van der Waals surface area contributed by atoms with Crippen molar-refractivity contribution in [2.45, 2.75) is 13.0 Å². The number of hydrogen-bond acceptors (Lipinski definition) is 6. The number of halogens is 1. The summed E-state index contributed by atoms with van der Waals surface area (Å²) in [5.74, 6) is 3.28. The first kappa shape index (κ1) is 12.7. The van der Waals surface area contributed by atoms with Crippen LogP contribution in [-0.4, -0.2) is 48.6 Å². The van der Waals surface area contributed by atoms with E-state index >= 15 is 0 Å². The van der Waals surface area contributed by atoms with Gasteiger partial charge in [0.1, 0.15) is 6.33 Å². The smallest absolute Gasteiger partial charge is 0.241 e. The first-order chi connectivity index (χ1) is 9.24. The van der Waals surface area contributed by atoms with Crippen molar-refractivity contribution in [1.29, 1.82) is 0 Å². The Morgan fingerprint density at radius 1 is 1.32 bits per heavy atom. The van der Waals surface area contributed by atoms with E-state index in [9.17, 15) is 0 Å². The van der Waals surface area contributed by atoms with Crippen molar-refractivity contribution >= 4 is 29.3 Å². The van der Waals surface area contributed by atoms with Crippen molar-refractivity contribution < 1.29 is 0 Å². The second kappa shape index (κ2) is 5.34. The predicted molar refractivity (Wildman–Crippen MR) is 76.1 cm³/mol. The molecule has 0 bridgehead atoms. The largest absolute Gasteiger partial charge is 0.336 e. The van der Waals surface area contributed by atoms with Gasteiger partial charge in [0.2, 0.25) is 17.2 Å². The SMILES string of the molecule is CC1CSCCN1c1nc(Cl)nc(-n2ccnc2)n1. The first-order valence-electron chi connectivity index (χ1n) is 5.98. The second-order valence-electron chi connectivity index (χ2n) is 4.29. The van der Waals surface area contributed by atoms with Crippen molar-refractivity contribution in [3.05, 3.63) is 24.0 Å². The Hall–Kier alpha value is -1.34. The van der Waals surface area contributed by atoms with E-state index in [0.717, 1.165) is 18.1 Å². The molecule has 100 valence electrons. The van der Waals surface area contributed by atoms with Crippen molar-refractivity contribution in [2.24, 2.45) is 0 Å². The molecule has 0 spiro atoms. The molecule has 1 atom stereocenters. The lowest BCUT2D eigenvalue weighted by molar-refractivity contribution is 0.671. The zero-order valence-corrected chi connectivity index (χ0v) is 12.0. The van der Waals surface area contributed by atoms with Crippen LogP contribution in [0.15, 0.2) is 18.7 Å². The van der Waals surface area contributed by atoms with Gasteiger partial charge in [0.15, 0.2) is 0 Å². The molecule has 0 aromatic carbocycles. The molecule has 1 saturated heterocycles. The lowest BCUT2D eigenvalue weighted by atomic mass is 10.3. The highest BCUT2D eigenvalue weighted by Crippen LogP contribution is 2.22. The maximum Gasteiger partial charge on any atom is 0.241 e. The number of nitrogens with zero attached hydrogens (tertiary/aromatic N) is 6. The van der Waals surface area contributed by atoms with Crippen LogP contribution in [0.1, 0.15) is 6.92 Å². The van der Waals surface area contributed by atoms with Crippen LogP contribution in [0.3, 0.4) is 0 Å². The van der Waals surface area contributed by atoms with Crippen LogP contribution in [0.25, 0.3) is 5.95 Å². The summed E-state index contributed by atoms with van der Waals surface area (Å²) in [6.45, 7) is 3.09. The molecule has 1 fully saturated rings. The molecule has 2 aromatic rings. The lowest BCUT2D eigenvalue weighted by Crippen LogP contribution is -2.41. The number of thioether (sulfide) groups is 1. The van der Waals surface area contributed by atoms with E-state index in [-0.39, 0.29) is 5.28 Å². The van der Waals surface area contributed by atoms with Crippen molar-refractivity contribution in [3.8, 4) is 5.95 Å². The highest BCUT2D eigenvalue weighted by atomic mass is 35.5. The van der Waals surface area contributed by atoms with Gasteiger partial charge >= 0.3 is 0 Å². The molecule has 0 N–H and O–H groups in total. The summed E-state index contributed by atoms with van der Waals surface area (Å²) >= 11 is 7.95. The second-order valence-corrected chi connectivity index (χ2v) is 5.78.